The molecule has 0 radical (unpaired) electrons. The minimum Gasteiger partial charge on any atom is -0.441 e. The van der Waals surface area contributed by atoms with Gasteiger partial charge in [0.25, 0.3) is 0 Å². The Kier molecular flexibility index (Phi) is 6.65. The number of aryl methyl sites for hydroxylation is 2. The van der Waals surface area contributed by atoms with Crippen LogP contribution in [0.25, 0.3) is 11.5 Å². The number of amides is 1. The predicted octanol–water partition coefficient (Wildman–Crippen LogP) is 4.18. The Labute approximate surface area is 171 Å². The fourth-order valence-corrected chi connectivity index (χ4v) is 3.97. The number of benzene rings is 2. The average molecular weight is 417 g/mol. The fraction of sp³-hybridized carbons (Fsp3) is 0.238. The van der Waals surface area contributed by atoms with E-state index >= 15 is 0 Å². The maximum absolute atomic E-state index is 12.4. The van der Waals surface area contributed by atoms with Crippen molar-refractivity contribution in [2.75, 3.05) is 5.75 Å². The van der Waals surface area contributed by atoms with Gasteiger partial charge in [-0.25, -0.2) is 4.98 Å². The molecule has 0 fully saturated rings. The molecule has 0 saturated heterocycles. The summed E-state index contributed by atoms with van der Waals surface area (Å²) in [6.07, 6.45) is 0. The molecule has 2 aromatic carbocycles. The summed E-state index contributed by atoms with van der Waals surface area (Å²) in [5, 5.41) is 3.34. The Morgan fingerprint density at radius 3 is 2.71 bits per heavy atom. The van der Waals surface area contributed by atoms with Crippen LogP contribution in [-0.4, -0.2) is 20.9 Å². The summed E-state index contributed by atoms with van der Waals surface area (Å²) in [6.45, 7) is 4.09. The summed E-state index contributed by atoms with van der Waals surface area (Å²) in [6, 6.07) is 15.1. The lowest BCUT2D eigenvalue weighted by Crippen LogP contribution is -2.28. The van der Waals surface area contributed by atoms with Crippen LogP contribution in [0, 0.1) is 13.8 Å². The number of nitrogens with zero attached hydrogens (tertiary/aromatic N) is 1. The summed E-state index contributed by atoms with van der Waals surface area (Å²) < 4.78 is 18.1. The summed E-state index contributed by atoms with van der Waals surface area (Å²) in [5.74, 6) is 0.882. The SMILES string of the molecule is Cc1cccc(-c2nc(C[S@](=O)CC(=O)NCc3ccccc3Cl)c(C)o2)c1. The van der Waals surface area contributed by atoms with Crippen molar-refractivity contribution in [1.82, 2.24) is 10.3 Å². The molecule has 1 N–H and O–H groups in total. The summed E-state index contributed by atoms with van der Waals surface area (Å²) >= 11 is 6.07. The van der Waals surface area contributed by atoms with Crippen molar-refractivity contribution < 1.29 is 13.4 Å². The van der Waals surface area contributed by atoms with E-state index in [4.69, 9.17) is 16.0 Å². The Balaban J connectivity index is 1.57. The van der Waals surface area contributed by atoms with Crippen molar-refractivity contribution in [2.45, 2.75) is 26.1 Å². The number of hydrogen-bond donors (Lipinski definition) is 1. The highest BCUT2D eigenvalue weighted by atomic mass is 35.5. The van der Waals surface area contributed by atoms with E-state index in [1.54, 1.807) is 13.0 Å². The number of carbonyl (C=O) groups excluding carboxylic acids is 1. The number of nitrogens with one attached hydrogen (secondary N) is 1. The van der Waals surface area contributed by atoms with Crippen molar-refractivity contribution in [1.29, 1.82) is 0 Å². The summed E-state index contributed by atoms with van der Waals surface area (Å²) in [4.78, 5) is 16.6. The lowest BCUT2D eigenvalue weighted by molar-refractivity contribution is -0.118. The minimum absolute atomic E-state index is 0.101. The molecule has 0 unspecified atom stereocenters. The Hall–Kier alpha value is -2.44. The van der Waals surface area contributed by atoms with Crippen LogP contribution in [0.3, 0.4) is 0 Å². The molecule has 1 aromatic heterocycles. The van der Waals surface area contributed by atoms with Crippen molar-refractivity contribution in [2.24, 2.45) is 0 Å². The normalized spacial score (nSPS) is 12.0. The molecule has 146 valence electrons. The van der Waals surface area contributed by atoms with Crippen molar-refractivity contribution >= 4 is 28.3 Å². The molecular weight excluding hydrogens is 396 g/mol. The molecular formula is C21H21ClN2O3S. The molecule has 0 saturated carbocycles. The number of halogens is 1. The van der Waals surface area contributed by atoms with Gasteiger partial charge in [0.15, 0.2) is 0 Å². The first-order valence-corrected chi connectivity index (χ1v) is 10.7. The zero-order valence-corrected chi connectivity index (χ0v) is 17.3. The largest absolute Gasteiger partial charge is 0.441 e. The second kappa shape index (κ2) is 9.17. The van der Waals surface area contributed by atoms with Crippen LogP contribution in [0.1, 0.15) is 22.6 Å². The standard InChI is InChI=1S/C21H21ClN2O3S/c1-14-6-5-8-16(10-14)21-24-19(15(2)27-21)12-28(26)13-20(25)23-11-17-7-3-4-9-18(17)22/h3-10H,11-13H2,1-2H3,(H,23,25)/t28-/m0/s1. The third-order valence-corrected chi connectivity index (χ3v) is 5.73. The molecule has 1 atom stereocenters. The van der Waals surface area contributed by atoms with Gasteiger partial charge in [0.2, 0.25) is 11.8 Å². The molecule has 28 heavy (non-hydrogen) atoms. The molecule has 3 aromatic rings. The number of oxazole rings is 1. The van der Waals surface area contributed by atoms with Crippen LogP contribution in [0.4, 0.5) is 0 Å². The highest BCUT2D eigenvalue weighted by Crippen LogP contribution is 2.23. The van der Waals surface area contributed by atoms with Crippen LogP contribution in [-0.2, 0) is 27.9 Å². The number of rotatable bonds is 7. The summed E-state index contributed by atoms with van der Waals surface area (Å²) in [5.41, 5.74) is 3.40. The van der Waals surface area contributed by atoms with Crippen LogP contribution >= 0.6 is 11.6 Å². The van der Waals surface area contributed by atoms with E-state index in [1.807, 2.05) is 49.4 Å². The van der Waals surface area contributed by atoms with Gasteiger partial charge in [-0.15, -0.1) is 0 Å². The molecule has 7 heteroatoms. The zero-order chi connectivity index (χ0) is 20.1. The first-order valence-electron chi connectivity index (χ1n) is 8.81. The van der Waals surface area contributed by atoms with E-state index in [9.17, 15) is 9.00 Å². The van der Waals surface area contributed by atoms with Gasteiger partial charge in [-0.3, -0.25) is 9.00 Å². The lowest BCUT2D eigenvalue weighted by atomic mass is 10.1. The van der Waals surface area contributed by atoms with Crippen LogP contribution in [0.5, 0.6) is 0 Å². The quantitative estimate of drug-likeness (QED) is 0.627. The number of aromatic nitrogens is 1. The average Bonchev–Trinajstić information content (AvgIpc) is 3.01. The van der Waals surface area contributed by atoms with Gasteiger partial charge in [0.05, 0.1) is 11.4 Å². The van der Waals surface area contributed by atoms with Crippen molar-refractivity contribution in [3.63, 3.8) is 0 Å². The van der Waals surface area contributed by atoms with Gasteiger partial charge < -0.3 is 9.73 Å². The molecule has 0 spiro atoms. The third kappa shape index (κ3) is 5.30. The van der Waals surface area contributed by atoms with Crippen molar-refractivity contribution in [3.05, 3.63) is 76.1 Å². The van der Waals surface area contributed by atoms with Gasteiger partial charge in [0.1, 0.15) is 11.5 Å². The van der Waals surface area contributed by atoms with Gasteiger partial charge in [-0.2, -0.15) is 0 Å². The van der Waals surface area contributed by atoms with Crippen LogP contribution in [0.2, 0.25) is 5.02 Å². The van der Waals surface area contributed by atoms with Gasteiger partial charge in [-0.05, 0) is 37.6 Å². The van der Waals surface area contributed by atoms with Gasteiger partial charge in [0, 0.05) is 27.9 Å². The summed E-state index contributed by atoms with van der Waals surface area (Å²) in [7, 11) is -1.39. The molecule has 0 aliphatic heterocycles. The van der Waals surface area contributed by atoms with Crippen LogP contribution in [0.15, 0.2) is 52.9 Å². The maximum Gasteiger partial charge on any atom is 0.232 e. The van der Waals surface area contributed by atoms with E-state index in [-0.39, 0.29) is 17.4 Å². The van der Waals surface area contributed by atoms with E-state index in [2.05, 4.69) is 10.3 Å². The fourth-order valence-electron chi connectivity index (χ4n) is 2.70. The van der Waals surface area contributed by atoms with E-state index in [0.717, 1.165) is 16.7 Å². The van der Waals surface area contributed by atoms with E-state index in [0.29, 0.717) is 28.9 Å². The zero-order valence-electron chi connectivity index (χ0n) is 15.7. The first-order chi connectivity index (χ1) is 13.4. The highest BCUT2D eigenvalue weighted by molar-refractivity contribution is 7.84. The Morgan fingerprint density at radius 1 is 1.18 bits per heavy atom. The minimum atomic E-state index is -1.39. The molecule has 1 amide bonds. The third-order valence-electron chi connectivity index (χ3n) is 4.18. The Morgan fingerprint density at radius 2 is 1.96 bits per heavy atom. The number of hydrogen-bond acceptors (Lipinski definition) is 4. The number of carbonyl (C=O) groups is 1. The molecule has 0 aliphatic carbocycles. The molecule has 0 aliphatic rings. The van der Waals surface area contributed by atoms with Gasteiger partial charge in [-0.1, -0.05) is 47.5 Å². The second-order valence-corrected chi connectivity index (χ2v) is 8.35. The second-order valence-electron chi connectivity index (χ2n) is 6.49. The molecule has 3 rings (SSSR count). The van der Waals surface area contributed by atoms with Gasteiger partial charge >= 0.3 is 0 Å². The smallest absolute Gasteiger partial charge is 0.232 e. The molecule has 5 nitrogen and oxygen atoms in total. The van der Waals surface area contributed by atoms with Crippen molar-refractivity contribution in [3.8, 4) is 11.5 Å². The first kappa shape index (κ1) is 20.3. The predicted molar refractivity (Wildman–Crippen MR) is 111 cm³/mol. The lowest BCUT2D eigenvalue weighted by Gasteiger charge is -2.06. The molecule has 1 heterocycles. The van der Waals surface area contributed by atoms with Crippen LogP contribution < -0.4 is 5.32 Å². The Bertz CT molecular complexity index is 1020. The monoisotopic (exact) mass is 416 g/mol. The van der Waals surface area contributed by atoms with E-state index < -0.39 is 10.8 Å². The highest BCUT2D eigenvalue weighted by Gasteiger charge is 2.16. The van der Waals surface area contributed by atoms with E-state index in [1.165, 1.54) is 0 Å². The topological polar surface area (TPSA) is 72.2 Å². The maximum atomic E-state index is 12.4. The molecule has 0 bridgehead atoms.